The van der Waals surface area contributed by atoms with Crippen molar-refractivity contribution in [3.05, 3.63) is 64.7 Å². The van der Waals surface area contributed by atoms with Crippen molar-refractivity contribution in [3.8, 4) is 0 Å². The molecule has 0 aliphatic heterocycles. The average Bonchev–Trinajstić information content (AvgIpc) is 3.06. The second kappa shape index (κ2) is 7.85. The summed E-state index contributed by atoms with van der Waals surface area (Å²) in [4.78, 5) is 17.3. The molecule has 1 aliphatic carbocycles. The smallest absolute Gasteiger partial charge is 0.330 e. The van der Waals surface area contributed by atoms with E-state index in [-0.39, 0.29) is 22.8 Å². The van der Waals surface area contributed by atoms with Crippen LogP contribution >= 0.6 is 0 Å². The topological polar surface area (TPSA) is 45.8 Å². The van der Waals surface area contributed by atoms with Crippen LogP contribution in [-0.2, 0) is 17.1 Å². The zero-order valence-corrected chi connectivity index (χ0v) is 11.2. The Hall–Kier alpha value is -1.38. The van der Waals surface area contributed by atoms with Crippen LogP contribution in [-0.4, -0.2) is 9.97 Å². The van der Waals surface area contributed by atoms with E-state index in [0.29, 0.717) is 0 Å². The van der Waals surface area contributed by atoms with Crippen molar-refractivity contribution < 1.29 is 17.1 Å². The SMILES string of the molecule is O=c1nc([C-]2CCCC2)cc[nH]1.[Fe+2].c1cc[cH-]c1. The molecule has 0 spiro atoms. The van der Waals surface area contributed by atoms with Gasteiger partial charge in [-0.25, -0.2) is 21.9 Å². The molecular weight excluding hydrogens is 268 g/mol. The number of hydrogen-bond acceptors (Lipinski definition) is 2. The summed E-state index contributed by atoms with van der Waals surface area (Å²) in [6.45, 7) is 0. The van der Waals surface area contributed by atoms with Crippen molar-refractivity contribution in [3.63, 3.8) is 0 Å². The van der Waals surface area contributed by atoms with Crippen LogP contribution in [0.25, 0.3) is 0 Å². The van der Waals surface area contributed by atoms with Gasteiger partial charge in [-0.1, -0.05) is 37.6 Å². The Balaban J connectivity index is 0.000000230. The van der Waals surface area contributed by atoms with Crippen molar-refractivity contribution in [2.24, 2.45) is 0 Å². The molecule has 1 aliphatic rings. The standard InChI is InChI=1S/C9H11N2O.C5H5.Fe/c12-9-10-6-5-8(11-9)7-3-1-2-4-7;1-2-4-5-3-1;/h5-6H,1-4H2,(H,10,11,12);1-5H;/q2*-1;+2. The van der Waals surface area contributed by atoms with E-state index in [1.807, 2.05) is 36.4 Å². The molecule has 4 heteroatoms. The summed E-state index contributed by atoms with van der Waals surface area (Å²) < 4.78 is 0. The van der Waals surface area contributed by atoms with Crippen molar-refractivity contribution in [1.82, 2.24) is 9.97 Å². The molecular formula is C14H16FeN2O. The third-order valence-corrected chi connectivity index (χ3v) is 2.79. The van der Waals surface area contributed by atoms with Crippen molar-refractivity contribution in [1.29, 1.82) is 0 Å². The predicted molar refractivity (Wildman–Crippen MR) is 67.7 cm³/mol. The van der Waals surface area contributed by atoms with Crippen LogP contribution in [0.1, 0.15) is 31.4 Å². The fraction of sp³-hybridized carbons (Fsp3) is 0.286. The van der Waals surface area contributed by atoms with Gasteiger partial charge in [0.25, 0.3) is 0 Å². The number of nitrogens with zero attached hydrogens (tertiary/aromatic N) is 1. The van der Waals surface area contributed by atoms with Crippen LogP contribution in [0.15, 0.2) is 47.4 Å². The Bertz CT molecular complexity index is 455. The van der Waals surface area contributed by atoms with Crippen LogP contribution in [0.4, 0.5) is 0 Å². The summed E-state index contributed by atoms with van der Waals surface area (Å²) in [5.74, 6) is 1.33. The Kier molecular flexibility index (Phi) is 6.40. The van der Waals surface area contributed by atoms with Gasteiger partial charge in [0.2, 0.25) is 0 Å². The van der Waals surface area contributed by atoms with Gasteiger partial charge in [-0.3, -0.25) is 0 Å². The van der Waals surface area contributed by atoms with Crippen molar-refractivity contribution in [2.45, 2.75) is 25.7 Å². The zero-order chi connectivity index (χ0) is 11.9. The van der Waals surface area contributed by atoms with Gasteiger partial charge < -0.3 is 4.98 Å². The maximum absolute atomic E-state index is 10.9. The van der Waals surface area contributed by atoms with Gasteiger partial charge in [0.05, 0.1) is 0 Å². The Morgan fingerprint density at radius 1 is 1.22 bits per heavy atom. The molecule has 0 saturated heterocycles. The summed E-state index contributed by atoms with van der Waals surface area (Å²) in [6.07, 6.45) is 6.36. The van der Waals surface area contributed by atoms with E-state index in [4.69, 9.17) is 0 Å². The quantitative estimate of drug-likeness (QED) is 0.646. The molecule has 3 nitrogen and oxygen atoms in total. The van der Waals surface area contributed by atoms with E-state index in [1.165, 1.54) is 18.8 Å². The van der Waals surface area contributed by atoms with E-state index < -0.39 is 0 Å². The molecule has 0 bridgehead atoms. The number of hydrogen-bond donors (Lipinski definition) is 1. The number of aromatic amines is 1. The van der Waals surface area contributed by atoms with Crippen molar-refractivity contribution >= 4 is 0 Å². The molecule has 1 fully saturated rings. The Labute approximate surface area is 117 Å². The maximum Gasteiger partial charge on any atom is 2.00 e. The third-order valence-electron chi connectivity index (χ3n) is 2.79. The molecule has 0 amide bonds. The molecule has 18 heavy (non-hydrogen) atoms. The summed E-state index contributed by atoms with van der Waals surface area (Å²) >= 11 is 0. The second-order valence-electron chi connectivity index (χ2n) is 4.05. The summed E-state index contributed by atoms with van der Waals surface area (Å²) in [7, 11) is 0. The molecule has 0 radical (unpaired) electrons. The molecule has 0 atom stereocenters. The second-order valence-corrected chi connectivity index (χ2v) is 4.05. The van der Waals surface area contributed by atoms with Crippen molar-refractivity contribution in [2.75, 3.05) is 0 Å². The summed E-state index contributed by atoms with van der Waals surface area (Å²) in [5, 5.41) is 0. The minimum atomic E-state index is -0.244. The molecule has 1 N–H and O–H groups in total. The Morgan fingerprint density at radius 2 is 1.89 bits per heavy atom. The zero-order valence-electron chi connectivity index (χ0n) is 10.1. The minimum Gasteiger partial charge on any atom is -0.330 e. The number of H-pyrrole nitrogens is 1. The van der Waals surface area contributed by atoms with E-state index in [2.05, 4.69) is 9.97 Å². The fourth-order valence-corrected chi connectivity index (χ4v) is 1.95. The molecule has 0 unspecified atom stereocenters. The van der Waals surface area contributed by atoms with E-state index in [0.717, 1.165) is 18.5 Å². The largest absolute Gasteiger partial charge is 2.00 e. The van der Waals surface area contributed by atoms with Gasteiger partial charge in [-0.15, -0.1) is 0 Å². The summed E-state index contributed by atoms with van der Waals surface area (Å²) in [5.41, 5.74) is 0.642. The first kappa shape index (κ1) is 14.7. The molecule has 1 heterocycles. The third kappa shape index (κ3) is 4.47. The van der Waals surface area contributed by atoms with Gasteiger partial charge in [-0.2, -0.15) is 30.2 Å². The minimum absolute atomic E-state index is 0. The van der Waals surface area contributed by atoms with Crippen LogP contribution in [0, 0.1) is 5.92 Å². The number of rotatable bonds is 1. The van der Waals surface area contributed by atoms with Crippen LogP contribution in [0.2, 0.25) is 0 Å². The van der Waals surface area contributed by atoms with Crippen LogP contribution in [0.5, 0.6) is 0 Å². The first-order valence-corrected chi connectivity index (χ1v) is 5.94. The van der Waals surface area contributed by atoms with Gasteiger partial charge in [0, 0.05) is 0 Å². The predicted octanol–water partition coefficient (Wildman–Crippen LogP) is 2.67. The van der Waals surface area contributed by atoms with Gasteiger partial charge >= 0.3 is 22.8 Å². The first-order valence-electron chi connectivity index (χ1n) is 5.94. The average molecular weight is 284 g/mol. The molecule has 1 aromatic heterocycles. The monoisotopic (exact) mass is 284 g/mol. The van der Waals surface area contributed by atoms with Gasteiger partial charge in [0.1, 0.15) is 0 Å². The molecule has 1 saturated carbocycles. The van der Waals surface area contributed by atoms with E-state index in [1.54, 1.807) is 6.20 Å². The fourth-order valence-electron chi connectivity index (χ4n) is 1.95. The van der Waals surface area contributed by atoms with Crippen LogP contribution in [0.3, 0.4) is 0 Å². The molecule has 2 aromatic rings. The van der Waals surface area contributed by atoms with Crippen LogP contribution < -0.4 is 5.69 Å². The van der Waals surface area contributed by atoms with E-state index >= 15 is 0 Å². The maximum atomic E-state index is 10.9. The first-order chi connectivity index (χ1) is 8.36. The molecule has 3 rings (SSSR count). The Morgan fingerprint density at radius 3 is 2.39 bits per heavy atom. The van der Waals surface area contributed by atoms with Gasteiger partial charge in [-0.05, 0) is 0 Å². The normalized spacial score (nSPS) is 13.4. The van der Waals surface area contributed by atoms with Gasteiger partial charge in [0.15, 0.2) is 0 Å². The number of nitrogens with one attached hydrogen (secondary N) is 1. The number of aromatic nitrogens is 2. The summed E-state index contributed by atoms with van der Waals surface area (Å²) in [6, 6.07) is 11.9. The van der Waals surface area contributed by atoms with E-state index in [9.17, 15) is 4.79 Å². The molecule has 96 valence electrons. The molecule has 1 aromatic carbocycles.